The number of methoxy groups -OCH3 is 1. The Labute approximate surface area is 122 Å². The van der Waals surface area contributed by atoms with Gasteiger partial charge in [0.15, 0.2) is 13.5 Å². The van der Waals surface area contributed by atoms with Gasteiger partial charge in [0, 0.05) is 5.75 Å². The SMILES string of the molecule is CC[C@](Br)([C@@H](O)c1ccc(OC)cc1)S(=O)(=O)CC. The molecule has 4 nitrogen and oxygen atoms in total. The van der Waals surface area contributed by atoms with Gasteiger partial charge in [-0.1, -0.05) is 41.9 Å². The lowest BCUT2D eigenvalue weighted by atomic mass is 10.0. The minimum Gasteiger partial charge on any atom is -0.497 e. The molecule has 2 atom stereocenters. The lowest BCUT2D eigenvalue weighted by Crippen LogP contribution is -2.39. The van der Waals surface area contributed by atoms with Crippen LogP contribution in [-0.2, 0) is 9.84 Å². The molecule has 0 heterocycles. The quantitative estimate of drug-likeness (QED) is 0.801. The van der Waals surface area contributed by atoms with Crippen LogP contribution in [0.15, 0.2) is 24.3 Å². The maximum absolute atomic E-state index is 12.2. The number of aliphatic hydroxyl groups is 1. The molecule has 108 valence electrons. The van der Waals surface area contributed by atoms with Crippen LogP contribution in [0.25, 0.3) is 0 Å². The first-order valence-electron chi connectivity index (χ1n) is 6.05. The van der Waals surface area contributed by atoms with Crippen molar-refractivity contribution in [1.82, 2.24) is 0 Å². The van der Waals surface area contributed by atoms with Gasteiger partial charge in [-0.05, 0) is 24.1 Å². The van der Waals surface area contributed by atoms with Crippen LogP contribution in [0.2, 0.25) is 0 Å². The third-order valence-electron chi connectivity index (χ3n) is 3.22. The van der Waals surface area contributed by atoms with E-state index in [0.717, 1.165) is 0 Å². The van der Waals surface area contributed by atoms with Crippen LogP contribution in [0.3, 0.4) is 0 Å². The van der Waals surface area contributed by atoms with Gasteiger partial charge in [-0.25, -0.2) is 8.42 Å². The van der Waals surface area contributed by atoms with Crippen molar-refractivity contribution in [3.05, 3.63) is 29.8 Å². The van der Waals surface area contributed by atoms with Crippen LogP contribution in [-0.4, -0.2) is 30.0 Å². The highest BCUT2D eigenvalue weighted by atomic mass is 79.9. The first-order valence-corrected chi connectivity index (χ1v) is 8.50. The van der Waals surface area contributed by atoms with Crippen LogP contribution in [0.5, 0.6) is 5.75 Å². The van der Waals surface area contributed by atoms with E-state index in [1.165, 1.54) is 0 Å². The third kappa shape index (κ3) is 3.12. The second kappa shape index (κ2) is 6.24. The smallest absolute Gasteiger partial charge is 0.168 e. The van der Waals surface area contributed by atoms with Gasteiger partial charge >= 0.3 is 0 Å². The Hall–Kier alpha value is -0.590. The number of ether oxygens (including phenoxy) is 1. The molecule has 0 spiro atoms. The van der Waals surface area contributed by atoms with Gasteiger partial charge in [-0.2, -0.15) is 0 Å². The van der Waals surface area contributed by atoms with Crippen LogP contribution in [0, 0.1) is 0 Å². The zero-order valence-corrected chi connectivity index (χ0v) is 13.7. The summed E-state index contributed by atoms with van der Waals surface area (Å²) in [5.41, 5.74) is 0.538. The maximum Gasteiger partial charge on any atom is 0.168 e. The fraction of sp³-hybridized carbons (Fsp3) is 0.538. The van der Waals surface area contributed by atoms with Crippen LogP contribution < -0.4 is 4.74 Å². The predicted molar refractivity (Wildman–Crippen MR) is 79.4 cm³/mol. The van der Waals surface area contributed by atoms with Crippen LogP contribution in [0.4, 0.5) is 0 Å². The molecule has 1 aromatic carbocycles. The van der Waals surface area contributed by atoms with E-state index in [9.17, 15) is 13.5 Å². The van der Waals surface area contributed by atoms with E-state index in [2.05, 4.69) is 15.9 Å². The number of hydrogen-bond acceptors (Lipinski definition) is 4. The van der Waals surface area contributed by atoms with Crippen molar-refractivity contribution in [3.63, 3.8) is 0 Å². The van der Waals surface area contributed by atoms with Gasteiger partial charge in [-0.3, -0.25) is 0 Å². The number of alkyl halides is 1. The molecule has 0 bridgehead atoms. The van der Waals surface area contributed by atoms with Crippen molar-refractivity contribution >= 4 is 25.8 Å². The standard InChI is InChI=1S/C13H19BrO4S/c1-4-13(14,19(16,17)5-2)12(15)10-6-8-11(18-3)9-7-10/h6-9,12,15H,4-5H2,1-3H3/t12-,13+/m0/s1. The summed E-state index contributed by atoms with van der Waals surface area (Å²) in [6, 6.07) is 6.72. The summed E-state index contributed by atoms with van der Waals surface area (Å²) in [7, 11) is -1.89. The van der Waals surface area contributed by atoms with Gasteiger partial charge in [0.25, 0.3) is 0 Å². The average Bonchev–Trinajstić information content (AvgIpc) is 2.45. The summed E-state index contributed by atoms with van der Waals surface area (Å²) in [5.74, 6) is 0.630. The molecule has 0 aliphatic carbocycles. The van der Waals surface area contributed by atoms with Crippen molar-refractivity contribution in [3.8, 4) is 5.75 Å². The summed E-state index contributed by atoms with van der Waals surface area (Å²) >= 11 is 3.23. The maximum atomic E-state index is 12.2. The molecule has 1 aromatic rings. The second-order valence-corrected chi connectivity index (χ2v) is 8.69. The molecule has 0 radical (unpaired) electrons. The summed E-state index contributed by atoms with van der Waals surface area (Å²) in [6.07, 6.45) is -0.857. The molecule has 1 N–H and O–H groups in total. The average molecular weight is 351 g/mol. The lowest BCUT2D eigenvalue weighted by molar-refractivity contribution is 0.160. The zero-order valence-electron chi connectivity index (χ0n) is 11.3. The van der Waals surface area contributed by atoms with Crippen molar-refractivity contribution in [2.24, 2.45) is 0 Å². The Morgan fingerprint density at radius 1 is 1.32 bits per heavy atom. The van der Waals surface area contributed by atoms with E-state index < -0.39 is 19.6 Å². The largest absolute Gasteiger partial charge is 0.497 e. The van der Waals surface area contributed by atoms with Gasteiger partial charge < -0.3 is 9.84 Å². The van der Waals surface area contributed by atoms with E-state index in [1.54, 1.807) is 45.2 Å². The molecule has 0 saturated carbocycles. The molecule has 0 saturated heterocycles. The molecule has 6 heteroatoms. The van der Waals surface area contributed by atoms with Crippen LogP contribution >= 0.6 is 15.9 Å². The Morgan fingerprint density at radius 2 is 1.84 bits per heavy atom. The number of halogens is 1. The van der Waals surface area contributed by atoms with Crippen molar-refractivity contribution in [2.75, 3.05) is 12.9 Å². The summed E-state index contributed by atoms with van der Waals surface area (Å²) in [5, 5.41) is 10.4. The number of rotatable bonds is 6. The summed E-state index contributed by atoms with van der Waals surface area (Å²) in [4.78, 5) is 0. The molecular weight excluding hydrogens is 332 g/mol. The van der Waals surface area contributed by atoms with Crippen LogP contribution in [0.1, 0.15) is 31.9 Å². The minimum atomic E-state index is -3.44. The number of sulfone groups is 1. The molecule has 1 rings (SSSR count). The van der Waals surface area contributed by atoms with Crippen molar-refractivity contribution < 1.29 is 18.3 Å². The first kappa shape index (κ1) is 16.5. The highest BCUT2D eigenvalue weighted by Gasteiger charge is 2.45. The molecular formula is C13H19BrO4S. The topological polar surface area (TPSA) is 63.6 Å². The van der Waals surface area contributed by atoms with E-state index in [1.807, 2.05) is 0 Å². The summed E-state index contributed by atoms with van der Waals surface area (Å²) < 4.78 is 28.0. The van der Waals surface area contributed by atoms with E-state index in [0.29, 0.717) is 11.3 Å². The highest BCUT2D eigenvalue weighted by molar-refractivity contribution is 9.11. The zero-order chi connectivity index (χ0) is 14.7. The van der Waals surface area contributed by atoms with E-state index >= 15 is 0 Å². The summed E-state index contributed by atoms with van der Waals surface area (Å²) in [6.45, 7) is 3.30. The van der Waals surface area contributed by atoms with Gasteiger partial charge in [-0.15, -0.1) is 0 Å². The molecule has 0 aromatic heterocycles. The molecule has 0 aliphatic heterocycles. The van der Waals surface area contributed by atoms with Crippen molar-refractivity contribution in [1.29, 1.82) is 0 Å². The minimum absolute atomic E-state index is 0.0285. The molecule has 0 fully saturated rings. The molecule has 19 heavy (non-hydrogen) atoms. The Morgan fingerprint density at radius 3 is 2.21 bits per heavy atom. The Bertz CT molecular complexity index is 512. The second-order valence-electron chi connectivity index (χ2n) is 4.22. The fourth-order valence-electron chi connectivity index (χ4n) is 1.86. The van der Waals surface area contributed by atoms with E-state index in [-0.39, 0.29) is 12.2 Å². The van der Waals surface area contributed by atoms with Gasteiger partial charge in [0.05, 0.1) is 7.11 Å². The molecule has 0 aliphatic rings. The Balaban J connectivity index is 3.17. The Kier molecular flexibility index (Phi) is 5.41. The normalized spacial score (nSPS) is 16.7. The number of aliphatic hydroxyl groups excluding tert-OH is 1. The highest BCUT2D eigenvalue weighted by Crippen LogP contribution is 2.42. The van der Waals surface area contributed by atoms with Gasteiger partial charge in [0.1, 0.15) is 11.9 Å². The lowest BCUT2D eigenvalue weighted by Gasteiger charge is -2.31. The number of benzene rings is 1. The molecule has 0 amide bonds. The number of hydrogen-bond donors (Lipinski definition) is 1. The van der Waals surface area contributed by atoms with E-state index in [4.69, 9.17) is 4.74 Å². The van der Waals surface area contributed by atoms with Gasteiger partial charge in [0.2, 0.25) is 0 Å². The molecule has 0 unspecified atom stereocenters. The fourth-order valence-corrected chi connectivity index (χ4v) is 4.21. The monoisotopic (exact) mass is 350 g/mol. The first-order chi connectivity index (χ1) is 8.82. The predicted octanol–water partition coefficient (Wildman–Crippen LogP) is 2.66. The van der Waals surface area contributed by atoms with Crippen molar-refractivity contribution in [2.45, 2.75) is 30.0 Å². The third-order valence-corrected chi connectivity index (χ3v) is 8.00.